The van der Waals surface area contributed by atoms with Crippen LogP contribution in [-0.2, 0) is 9.53 Å². The Morgan fingerprint density at radius 2 is 1.79 bits per heavy atom. The number of hydrogen-bond donors (Lipinski definition) is 0. The van der Waals surface area contributed by atoms with Gasteiger partial charge in [0.15, 0.2) is 5.60 Å². The van der Waals surface area contributed by atoms with E-state index in [2.05, 4.69) is 15.9 Å². The molecule has 0 aliphatic heterocycles. The number of ether oxygens (including phenoxy) is 2. The Balaban J connectivity index is 2.90. The topological polar surface area (TPSA) is 35.5 Å². The second-order valence-corrected chi connectivity index (χ2v) is 7.01. The van der Waals surface area contributed by atoms with Crippen molar-refractivity contribution in [3.05, 3.63) is 27.7 Å². The normalized spacial score (nSPS) is 12.2. The van der Waals surface area contributed by atoms with Gasteiger partial charge in [0.05, 0.1) is 5.02 Å². The molecule has 106 valence electrons. The van der Waals surface area contributed by atoms with Crippen molar-refractivity contribution >= 4 is 33.5 Å². The molecule has 0 fully saturated rings. The highest BCUT2D eigenvalue weighted by atomic mass is 79.9. The zero-order valence-electron chi connectivity index (χ0n) is 11.7. The summed E-state index contributed by atoms with van der Waals surface area (Å²) < 4.78 is 11.8. The van der Waals surface area contributed by atoms with Crippen molar-refractivity contribution in [3.8, 4) is 5.75 Å². The summed E-state index contributed by atoms with van der Waals surface area (Å²) in [5.74, 6) is 0.00273. The molecule has 3 nitrogen and oxygen atoms in total. The molecule has 0 heterocycles. The van der Waals surface area contributed by atoms with Gasteiger partial charge < -0.3 is 9.47 Å². The molecule has 0 bridgehead atoms. The Hall–Kier alpha value is -0.740. The van der Waals surface area contributed by atoms with Crippen LogP contribution in [0.25, 0.3) is 0 Å². The van der Waals surface area contributed by atoms with Gasteiger partial charge in [-0.2, -0.15) is 0 Å². The molecule has 1 aromatic carbocycles. The SMILES string of the molecule is CC(C)(C)OC(=O)C(C)(C)Oc1cc(Br)ccc1Cl. The molecule has 0 amide bonds. The largest absolute Gasteiger partial charge is 0.475 e. The highest BCUT2D eigenvalue weighted by Gasteiger charge is 2.35. The standard InChI is InChI=1S/C14H18BrClO3/c1-13(2,3)19-12(17)14(4,5)18-11-8-9(15)6-7-10(11)16/h6-8H,1-5H3. The fourth-order valence-electron chi connectivity index (χ4n) is 1.27. The first-order valence-electron chi connectivity index (χ1n) is 5.89. The molecule has 0 unspecified atom stereocenters. The highest BCUT2D eigenvalue weighted by molar-refractivity contribution is 9.10. The van der Waals surface area contributed by atoms with Gasteiger partial charge in [-0.05, 0) is 52.8 Å². The molecule has 19 heavy (non-hydrogen) atoms. The third-order valence-corrected chi connectivity index (χ3v) is 2.95. The van der Waals surface area contributed by atoms with Crippen LogP contribution < -0.4 is 4.74 Å². The Bertz CT molecular complexity index is 478. The van der Waals surface area contributed by atoms with E-state index in [1.807, 2.05) is 20.8 Å². The number of hydrogen-bond acceptors (Lipinski definition) is 3. The summed E-state index contributed by atoms with van der Waals surface area (Å²) in [6.07, 6.45) is 0. The summed E-state index contributed by atoms with van der Waals surface area (Å²) in [5, 5.41) is 0.444. The van der Waals surface area contributed by atoms with Crippen molar-refractivity contribution in [2.75, 3.05) is 0 Å². The van der Waals surface area contributed by atoms with E-state index in [9.17, 15) is 4.79 Å². The highest BCUT2D eigenvalue weighted by Crippen LogP contribution is 2.31. The van der Waals surface area contributed by atoms with Gasteiger partial charge in [-0.15, -0.1) is 0 Å². The predicted octanol–water partition coefficient (Wildman–Crippen LogP) is 4.60. The fraction of sp³-hybridized carbons (Fsp3) is 0.500. The molecule has 0 saturated carbocycles. The third-order valence-electron chi connectivity index (χ3n) is 2.15. The molecular formula is C14H18BrClO3. The van der Waals surface area contributed by atoms with Crippen LogP contribution in [0.15, 0.2) is 22.7 Å². The van der Waals surface area contributed by atoms with Crippen molar-refractivity contribution in [2.45, 2.75) is 45.8 Å². The van der Waals surface area contributed by atoms with Crippen LogP contribution in [0.2, 0.25) is 5.02 Å². The van der Waals surface area contributed by atoms with Crippen LogP contribution in [0.1, 0.15) is 34.6 Å². The fourth-order valence-corrected chi connectivity index (χ4v) is 1.77. The van der Waals surface area contributed by atoms with E-state index < -0.39 is 17.2 Å². The van der Waals surface area contributed by atoms with E-state index in [1.54, 1.807) is 32.0 Å². The number of carbonyl (C=O) groups is 1. The van der Waals surface area contributed by atoms with Gasteiger partial charge in [0.1, 0.15) is 11.4 Å². The first-order valence-corrected chi connectivity index (χ1v) is 7.06. The van der Waals surface area contributed by atoms with E-state index in [0.717, 1.165) is 4.47 Å². The Morgan fingerprint density at radius 3 is 2.32 bits per heavy atom. The summed E-state index contributed by atoms with van der Waals surface area (Å²) in [6, 6.07) is 5.22. The number of halogens is 2. The summed E-state index contributed by atoms with van der Waals surface area (Å²) in [6.45, 7) is 8.74. The minimum atomic E-state index is -1.11. The first-order chi connectivity index (χ1) is 8.51. The summed E-state index contributed by atoms with van der Waals surface area (Å²) in [4.78, 5) is 12.1. The van der Waals surface area contributed by atoms with Gasteiger partial charge in [0.25, 0.3) is 0 Å². The average Bonchev–Trinajstić information content (AvgIpc) is 2.20. The maximum absolute atomic E-state index is 12.1. The number of rotatable bonds is 3. The van der Waals surface area contributed by atoms with Crippen molar-refractivity contribution < 1.29 is 14.3 Å². The van der Waals surface area contributed by atoms with Gasteiger partial charge in [0, 0.05) is 4.47 Å². The molecular weight excluding hydrogens is 332 g/mol. The second kappa shape index (κ2) is 5.71. The van der Waals surface area contributed by atoms with Crippen LogP contribution >= 0.6 is 27.5 Å². The van der Waals surface area contributed by atoms with E-state index in [0.29, 0.717) is 10.8 Å². The van der Waals surface area contributed by atoms with E-state index in [4.69, 9.17) is 21.1 Å². The van der Waals surface area contributed by atoms with Gasteiger partial charge in [-0.25, -0.2) is 4.79 Å². The van der Waals surface area contributed by atoms with Crippen LogP contribution in [0.5, 0.6) is 5.75 Å². The predicted molar refractivity (Wildman–Crippen MR) is 79.7 cm³/mol. The summed E-state index contributed by atoms with van der Waals surface area (Å²) in [7, 11) is 0. The van der Waals surface area contributed by atoms with Crippen LogP contribution in [0, 0.1) is 0 Å². The Kier molecular flexibility index (Phi) is 4.91. The van der Waals surface area contributed by atoms with Crippen molar-refractivity contribution in [2.24, 2.45) is 0 Å². The summed E-state index contributed by atoms with van der Waals surface area (Å²) >= 11 is 9.38. The van der Waals surface area contributed by atoms with Crippen LogP contribution in [0.4, 0.5) is 0 Å². The third kappa shape index (κ3) is 5.03. The molecule has 1 aromatic rings. The molecule has 1 rings (SSSR count). The lowest BCUT2D eigenvalue weighted by Crippen LogP contribution is -2.43. The monoisotopic (exact) mass is 348 g/mol. The minimum absolute atomic E-state index is 0.434. The molecule has 0 N–H and O–H groups in total. The molecule has 0 saturated heterocycles. The van der Waals surface area contributed by atoms with Gasteiger partial charge in [-0.3, -0.25) is 0 Å². The molecule has 0 aliphatic carbocycles. The number of benzene rings is 1. The lowest BCUT2D eigenvalue weighted by atomic mass is 10.1. The zero-order chi connectivity index (χ0) is 14.8. The molecule has 0 atom stereocenters. The van der Waals surface area contributed by atoms with E-state index in [1.165, 1.54) is 0 Å². The number of esters is 1. The zero-order valence-corrected chi connectivity index (χ0v) is 14.1. The lowest BCUT2D eigenvalue weighted by Gasteiger charge is -2.29. The van der Waals surface area contributed by atoms with Crippen LogP contribution in [0.3, 0.4) is 0 Å². The molecule has 0 aromatic heterocycles. The number of carbonyl (C=O) groups excluding carboxylic acids is 1. The molecule has 0 spiro atoms. The smallest absolute Gasteiger partial charge is 0.350 e. The maximum atomic E-state index is 12.1. The molecule has 0 aliphatic rings. The van der Waals surface area contributed by atoms with Gasteiger partial charge >= 0.3 is 5.97 Å². The molecule has 0 radical (unpaired) electrons. The Morgan fingerprint density at radius 1 is 1.21 bits per heavy atom. The van der Waals surface area contributed by atoms with Crippen molar-refractivity contribution in [1.29, 1.82) is 0 Å². The first kappa shape index (κ1) is 16.3. The van der Waals surface area contributed by atoms with Gasteiger partial charge in [0.2, 0.25) is 0 Å². The maximum Gasteiger partial charge on any atom is 0.350 e. The lowest BCUT2D eigenvalue weighted by molar-refractivity contribution is -0.170. The second-order valence-electron chi connectivity index (χ2n) is 5.69. The molecule has 5 heteroatoms. The van der Waals surface area contributed by atoms with E-state index in [-0.39, 0.29) is 0 Å². The quantitative estimate of drug-likeness (QED) is 0.748. The Labute approximate surface area is 127 Å². The van der Waals surface area contributed by atoms with Crippen molar-refractivity contribution in [3.63, 3.8) is 0 Å². The van der Waals surface area contributed by atoms with Crippen molar-refractivity contribution in [1.82, 2.24) is 0 Å². The average molecular weight is 350 g/mol. The van der Waals surface area contributed by atoms with Gasteiger partial charge in [-0.1, -0.05) is 27.5 Å². The summed E-state index contributed by atoms with van der Waals surface area (Å²) in [5.41, 5.74) is -1.67. The minimum Gasteiger partial charge on any atom is -0.475 e. The van der Waals surface area contributed by atoms with Crippen LogP contribution in [-0.4, -0.2) is 17.2 Å². The van der Waals surface area contributed by atoms with E-state index >= 15 is 0 Å².